The molecule has 0 atom stereocenters. The van der Waals surface area contributed by atoms with Gasteiger partial charge < -0.3 is 20.0 Å². The Labute approximate surface area is 240 Å². The zero-order chi connectivity index (χ0) is 28.5. The topological polar surface area (TPSA) is 110 Å². The zero-order valence-corrected chi connectivity index (χ0v) is 22.5. The third kappa shape index (κ3) is 6.32. The number of aliphatic carboxylic acids is 1. The van der Waals surface area contributed by atoms with Crippen molar-refractivity contribution in [1.82, 2.24) is 4.98 Å². The predicted molar refractivity (Wildman–Crippen MR) is 157 cm³/mol. The smallest absolute Gasteiger partial charge is 0.360 e. The minimum atomic E-state index is -1.35. The number of carboxylic acid groups (broad SMARTS) is 1. The Morgan fingerprint density at radius 3 is 1.76 bits per heavy atom. The normalized spacial score (nSPS) is 11.5. The van der Waals surface area contributed by atoms with E-state index in [1.165, 1.54) is 11.3 Å². The van der Waals surface area contributed by atoms with Gasteiger partial charge in [0.2, 0.25) is 12.3 Å². The van der Waals surface area contributed by atoms with Crippen LogP contribution in [0.1, 0.15) is 22.4 Å². The molecule has 1 aromatic heterocycles. The van der Waals surface area contributed by atoms with Crippen molar-refractivity contribution in [2.24, 2.45) is 5.16 Å². The van der Waals surface area contributed by atoms with Crippen molar-refractivity contribution in [3.63, 3.8) is 0 Å². The molecule has 5 aromatic rings. The van der Waals surface area contributed by atoms with Crippen LogP contribution < -0.4 is 10.1 Å². The van der Waals surface area contributed by atoms with Crippen molar-refractivity contribution in [2.75, 3.05) is 11.9 Å². The SMILES string of the molecule is O=C(CO/N=C(/C(=O)O)c1csc(NC(c2ccccc2)(c2ccccc2)c2ccccc2)n1)Oc1ccccc1. The maximum absolute atomic E-state index is 12.1. The second kappa shape index (κ2) is 12.7. The fraction of sp³-hybridized carbons (Fsp3) is 0.0625. The minimum absolute atomic E-state index is 0.0875. The number of nitrogens with zero attached hydrogens (tertiary/aromatic N) is 2. The summed E-state index contributed by atoms with van der Waals surface area (Å²) >= 11 is 1.23. The van der Waals surface area contributed by atoms with Crippen LogP contribution in [-0.2, 0) is 20.0 Å². The van der Waals surface area contributed by atoms with Crippen LogP contribution in [0.2, 0.25) is 0 Å². The summed E-state index contributed by atoms with van der Waals surface area (Å²) in [6, 6.07) is 38.4. The highest BCUT2D eigenvalue weighted by Crippen LogP contribution is 2.40. The number of thiazole rings is 1. The molecule has 0 aliphatic heterocycles. The standard InChI is InChI=1S/C32H25N3O5S/c36-28(40-26-19-11-4-12-20-26)21-39-35-29(30(37)38)27-22-41-31(33-27)34-32(23-13-5-1-6-14-23,24-15-7-2-8-16-24)25-17-9-3-10-18-25/h1-20,22H,21H2,(H,33,34)(H,37,38)/b35-29+. The fourth-order valence-electron chi connectivity index (χ4n) is 4.38. The summed E-state index contributed by atoms with van der Waals surface area (Å²) in [5.41, 5.74) is 1.73. The molecule has 0 amide bonds. The zero-order valence-electron chi connectivity index (χ0n) is 21.7. The second-order valence-electron chi connectivity index (χ2n) is 8.82. The molecule has 0 radical (unpaired) electrons. The van der Waals surface area contributed by atoms with Crippen LogP contribution in [0.3, 0.4) is 0 Å². The van der Waals surface area contributed by atoms with E-state index in [1.807, 2.05) is 91.0 Å². The van der Waals surface area contributed by atoms with E-state index < -0.39 is 29.8 Å². The molecule has 0 aliphatic carbocycles. The average molecular weight is 564 g/mol. The van der Waals surface area contributed by atoms with Gasteiger partial charge in [-0.25, -0.2) is 14.6 Å². The van der Waals surface area contributed by atoms with E-state index in [9.17, 15) is 14.7 Å². The van der Waals surface area contributed by atoms with Crippen LogP contribution in [0.4, 0.5) is 5.13 Å². The molecule has 0 aliphatic rings. The van der Waals surface area contributed by atoms with Gasteiger partial charge in [-0.3, -0.25) is 0 Å². The van der Waals surface area contributed by atoms with E-state index in [2.05, 4.69) is 15.5 Å². The molecular formula is C32H25N3O5S. The lowest BCUT2D eigenvalue weighted by Gasteiger charge is -2.36. The first kappa shape index (κ1) is 27.3. The van der Waals surface area contributed by atoms with Gasteiger partial charge in [0.25, 0.3) is 0 Å². The van der Waals surface area contributed by atoms with Crippen LogP contribution in [-0.4, -0.2) is 34.3 Å². The number of aromatic nitrogens is 1. The van der Waals surface area contributed by atoms with Gasteiger partial charge in [-0.15, -0.1) is 11.3 Å². The van der Waals surface area contributed by atoms with Gasteiger partial charge in [-0.05, 0) is 28.8 Å². The van der Waals surface area contributed by atoms with Crippen molar-refractivity contribution in [3.05, 3.63) is 149 Å². The lowest BCUT2D eigenvalue weighted by atomic mass is 9.77. The molecule has 1 heterocycles. The van der Waals surface area contributed by atoms with Crippen molar-refractivity contribution in [1.29, 1.82) is 0 Å². The van der Waals surface area contributed by atoms with Crippen LogP contribution >= 0.6 is 11.3 Å². The van der Waals surface area contributed by atoms with Crippen LogP contribution in [0.25, 0.3) is 0 Å². The van der Waals surface area contributed by atoms with Crippen molar-refractivity contribution in [2.45, 2.75) is 5.54 Å². The Bertz CT molecular complexity index is 1530. The molecule has 0 spiro atoms. The summed E-state index contributed by atoms with van der Waals surface area (Å²) in [6.45, 7) is -0.569. The predicted octanol–water partition coefficient (Wildman–Crippen LogP) is 5.96. The number of para-hydroxylation sites is 1. The van der Waals surface area contributed by atoms with Gasteiger partial charge in [0, 0.05) is 5.38 Å². The number of benzene rings is 4. The lowest BCUT2D eigenvalue weighted by molar-refractivity contribution is -0.139. The Kier molecular flexibility index (Phi) is 8.46. The van der Waals surface area contributed by atoms with E-state index in [0.717, 1.165) is 16.7 Å². The first-order valence-electron chi connectivity index (χ1n) is 12.7. The molecule has 5 rings (SSSR count). The highest BCUT2D eigenvalue weighted by Gasteiger charge is 2.37. The molecule has 0 unspecified atom stereocenters. The van der Waals surface area contributed by atoms with E-state index in [0.29, 0.717) is 10.9 Å². The number of nitrogens with one attached hydrogen (secondary N) is 1. The maximum Gasteiger partial charge on any atom is 0.360 e. The average Bonchev–Trinajstić information content (AvgIpc) is 3.47. The van der Waals surface area contributed by atoms with Crippen molar-refractivity contribution >= 4 is 34.1 Å². The maximum atomic E-state index is 12.1. The van der Waals surface area contributed by atoms with Gasteiger partial charge >= 0.3 is 11.9 Å². The molecule has 0 bridgehead atoms. The number of hydrogen-bond donors (Lipinski definition) is 2. The molecule has 8 nitrogen and oxygen atoms in total. The highest BCUT2D eigenvalue weighted by atomic mass is 32.1. The summed E-state index contributed by atoms with van der Waals surface area (Å²) in [4.78, 5) is 33.7. The third-order valence-corrected chi connectivity index (χ3v) is 6.94. The Morgan fingerprint density at radius 1 is 0.780 bits per heavy atom. The number of carboxylic acids is 1. The van der Waals surface area contributed by atoms with Gasteiger partial charge in [0.1, 0.15) is 17.0 Å². The second-order valence-corrected chi connectivity index (χ2v) is 9.67. The quantitative estimate of drug-likeness (QED) is 0.0671. The monoisotopic (exact) mass is 563 g/mol. The van der Waals surface area contributed by atoms with Crippen LogP contribution in [0.15, 0.2) is 132 Å². The number of anilines is 1. The van der Waals surface area contributed by atoms with E-state index in [-0.39, 0.29) is 5.69 Å². The molecule has 0 saturated heterocycles. The molecule has 41 heavy (non-hydrogen) atoms. The van der Waals surface area contributed by atoms with Crippen LogP contribution in [0, 0.1) is 0 Å². The fourth-order valence-corrected chi connectivity index (χ4v) is 5.13. The number of ether oxygens (including phenoxy) is 1. The number of hydrogen-bond acceptors (Lipinski definition) is 8. The Balaban J connectivity index is 1.44. The van der Waals surface area contributed by atoms with Gasteiger partial charge in [0.05, 0.1) is 0 Å². The van der Waals surface area contributed by atoms with E-state index in [1.54, 1.807) is 35.7 Å². The van der Waals surface area contributed by atoms with Crippen LogP contribution in [0.5, 0.6) is 5.75 Å². The first-order valence-corrected chi connectivity index (χ1v) is 13.5. The third-order valence-electron chi connectivity index (χ3n) is 6.18. The number of carbonyl (C=O) groups is 2. The molecular weight excluding hydrogens is 538 g/mol. The summed E-state index contributed by atoms with van der Waals surface area (Å²) in [7, 11) is 0. The number of esters is 1. The number of oxime groups is 1. The minimum Gasteiger partial charge on any atom is -0.476 e. The molecule has 9 heteroatoms. The molecule has 204 valence electrons. The number of rotatable bonds is 11. The molecule has 2 N–H and O–H groups in total. The summed E-state index contributed by atoms with van der Waals surface area (Å²) in [5, 5.41) is 19.2. The van der Waals surface area contributed by atoms with Crippen molar-refractivity contribution < 1.29 is 24.3 Å². The number of carbonyl (C=O) groups excluding carboxylic acids is 1. The lowest BCUT2D eigenvalue weighted by Crippen LogP contribution is -2.38. The Hall–Kier alpha value is -5.28. The summed E-state index contributed by atoms with van der Waals surface area (Å²) in [6.07, 6.45) is 0. The van der Waals surface area contributed by atoms with Gasteiger partial charge in [0.15, 0.2) is 5.13 Å². The highest BCUT2D eigenvalue weighted by molar-refractivity contribution is 7.14. The molecule has 0 saturated carbocycles. The van der Waals surface area contributed by atoms with E-state index >= 15 is 0 Å². The van der Waals surface area contributed by atoms with Crippen molar-refractivity contribution in [3.8, 4) is 5.75 Å². The first-order chi connectivity index (χ1) is 20.1. The van der Waals surface area contributed by atoms with E-state index in [4.69, 9.17) is 9.57 Å². The Morgan fingerprint density at radius 2 is 1.27 bits per heavy atom. The summed E-state index contributed by atoms with van der Waals surface area (Å²) in [5.74, 6) is -1.72. The van der Waals surface area contributed by atoms with Gasteiger partial charge in [-0.1, -0.05) is 114 Å². The van der Waals surface area contributed by atoms with Gasteiger partial charge in [-0.2, -0.15) is 0 Å². The molecule has 4 aromatic carbocycles. The summed E-state index contributed by atoms with van der Waals surface area (Å²) < 4.78 is 5.14. The molecule has 0 fully saturated rings. The largest absolute Gasteiger partial charge is 0.476 e.